The fourth-order valence-corrected chi connectivity index (χ4v) is 2.87. The summed E-state index contributed by atoms with van der Waals surface area (Å²) in [7, 11) is 2.93. The molecule has 1 aliphatic rings. The van der Waals surface area contributed by atoms with Crippen molar-refractivity contribution in [1.82, 2.24) is 4.90 Å². The van der Waals surface area contributed by atoms with Gasteiger partial charge in [0.15, 0.2) is 11.5 Å². The number of hydrogen-bond donors (Lipinski definition) is 1. The van der Waals surface area contributed by atoms with Crippen LogP contribution in [0.5, 0.6) is 11.5 Å². The maximum Gasteiger partial charge on any atom is 0.308 e. The number of nitrogens with zero attached hydrogens (tertiary/aromatic N) is 1. The van der Waals surface area contributed by atoms with Crippen LogP contribution in [0, 0.1) is 5.92 Å². The van der Waals surface area contributed by atoms with E-state index in [0.29, 0.717) is 36.4 Å². The van der Waals surface area contributed by atoms with Gasteiger partial charge >= 0.3 is 5.97 Å². The molecule has 1 amide bonds. The second kappa shape index (κ2) is 6.87. The quantitative estimate of drug-likeness (QED) is 0.918. The van der Waals surface area contributed by atoms with Gasteiger partial charge < -0.3 is 19.5 Å². The van der Waals surface area contributed by atoms with Crippen LogP contribution < -0.4 is 9.47 Å². The summed E-state index contributed by atoms with van der Waals surface area (Å²) in [5, 5.41) is 9.38. The minimum absolute atomic E-state index is 0.208. The Morgan fingerprint density at radius 3 is 2.64 bits per heavy atom. The van der Waals surface area contributed by atoms with Crippen LogP contribution in [0.1, 0.15) is 23.2 Å². The van der Waals surface area contributed by atoms with Gasteiger partial charge in [-0.1, -0.05) is 11.6 Å². The number of ether oxygens (including phenoxy) is 2. The van der Waals surface area contributed by atoms with Crippen molar-refractivity contribution in [2.45, 2.75) is 12.8 Å². The number of carbonyl (C=O) groups excluding carboxylic acids is 1. The molecule has 7 heteroatoms. The molecule has 1 unspecified atom stereocenters. The molecule has 1 fully saturated rings. The third kappa shape index (κ3) is 3.27. The largest absolute Gasteiger partial charge is 0.493 e. The Balaban J connectivity index is 2.25. The topological polar surface area (TPSA) is 76.1 Å². The molecule has 6 nitrogen and oxygen atoms in total. The van der Waals surface area contributed by atoms with E-state index in [1.54, 1.807) is 11.0 Å². The highest BCUT2D eigenvalue weighted by Crippen LogP contribution is 2.36. The molecule has 2 rings (SSSR count). The molecule has 1 heterocycles. The monoisotopic (exact) mass is 327 g/mol. The fourth-order valence-electron chi connectivity index (χ4n) is 2.59. The Morgan fingerprint density at radius 1 is 1.32 bits per heavy atom. The summed E-state index contributed by atoms with van der Waals surface area (Å²) in [5.74, 6) is -0.919. The van der Waals surface area contributed by atoms with Crippen molar-refractivity contribution in [1.29, 1.82) is 0 Å². The van der Waals surface area contributed by atoms with Crippen molar-refractivity contribution in [3.63, 3.8) is 0 Å². The van der Waals surface area contributed by atoms with E-state index < -0.39 is 11.9 Å². The van der Waals surface area contributed by atoms with Crippen molar-refractivity contribution < 1.29 is 24.2 Å². The summed E-state index contributed by atoms with van der Waals surface area (Å²) < 4.78 is 10.3. The van der Waals surface area contributed by atoms with Gasteiger partial charge in [-0.2, -0.15) is 0 Å². The van der Waals surface area contributed by atoms with Gasteiger partial charge in [0.05, 0.1) is 25.2 Å². The van der Waals surface area contributed by atoms with Crippen LogP contribution in [0.15, 0.2) is 12.1 Å². The van der Waals surface area contributed by atoms with Gasteiger partial charge in [0, 0.05) is 18.7 Å². The van der Waals surface area contributed by atoms with E-state index in [2.05, 4.69) is 0 Å². The van der Waals surface area contributed by atoms with Crippen molar-refractivity contribution in [3.05, 3.63) is 22.7 Å². The van der Waals surface area contributed by atoms with Gasteiger partial charge in [-0.15, -0.1) is 0 Å². The lowest BCUT2D eigenvalue weighted by atomic mass is 9.97. The lowest BCUT2D eigenvalue weighted by Gasteiger charge is -2.31. The second-order valence-corrected chi connectivity index (χ2v) is 5.53. The summed E-state index contributed by atoms with van der Waals surface area (Å²) in [4.78, 5) is 25.2. The van der Waals surface area contributed by atoms with E-state index in [0.717, 1.165) is 0 Å². The maximum absolute atomic E-state index is 12.6. The van der Waals surface area contributed by atoms with E-state index in [1.807, 2.05) is 0 Å². The third-order valence-electron chi connectivity index (χ3n) is 3.74. The van der Waals surface area contributed by atoms with Crippen LogP contribution in [-0.4, -0.2) is 49.2 Å². The molecule has 120 valence electrons. The molecule has 1 aliphatic heterocycles. The Kier molecular flexibility index (Phi) is 5.13. The Bertz CT molecular complexity index is 590. The van der Waals surface area contributed by atoms with Gasteiger partial charge in [0.1, 0.15) is 0 Å². The van der Waals surface area contributed by atoms with Crippen LogP contribution in [0.3, 0.4) is 0 Å². The van der Waals surface area contributed by atoms with Crippen molar-refractivity contribution >= 4 is 23.5 Å². The predicted molar refractivity (Wildman–Crippen MR) is 80.8 cm³/mol. The summed E-state index contributed by atoms with van der Waals surface area (Å²) in [6.45, 7) is 0.745. The first-order chi connectivity index (χ1) is 10.5. The zero-order valence-corrected chi connectivity index (χ0v) is 13.2. The molecular weight excluding hydrogens is 310 g/mol. The number of benzene rings is 1. The van der Waals surface area contributed by atoms with E-state index in [4.69, 9.17) is 26.2 Å². The van der Waals surface area contributed by atoms with Crippen LogP contribution in [-0.2, 0) is 4.79 Å². The zero-order valence-electron chi connectivity index (χ0n) is 12.5. The number of carbonyl (C=O) groups is 2. The SMILES string of the molecule is COc1cc(C(=O)N2CCCC(C(=O)O)C2)cc(Cl)c1OC. The summed E-state index contributed by atoms with van der Waals surface area (Å²) in [5.41, 5.74) is 0.355. The average molecular weight is 328 g/mol. The highest BCUT2D eigenvalue weighted by Gasteiger charge is 2.29. The molecule has 0 aliphatic carbocycles. The zero-order chi connectivity index (χ0) is 16.3. The van der Waals surface area contributed by atoms with Gasteiger partial charge in [-0.25, -0.2) is 0 Å². The van der Waals surface area contributed by atoms with Crippen molar-refractivity contribution in [2.24, 2.45) is 5.92 Å². The number of piperidine rings is 1. The first-order valence-corrected chi connectivity index (χ1v) is 7.29. The summed E-state index contributed by atoms with van der Waals surface area (Å²) >= 11 is 6.11. The average Bonchev–Trinajstić information content (AvgIpc) is 2.53. The number of methoxy groups -OCH3 is 2. The van der Waals surface area contributed by atoms with Gasteiger partial charge in [0.25, 0.3) is 5.91 Å². The molecule has 22 heavy (non-hydrogen) atoms. The van der Waals surface area contributed by atoms with E-state index >= 15 is 0 Å². The van der Waals surface area contributed by atoms with Gasteiger partial charge in [0.2, 0.25) is 0 Å². The number of carboxylic acids is 1. The third-order valence-corrected chi connectivity index (χ3v) is 4.02. The predicted octanol–water partition coefficient (Wildman–Crippen LogP) is 2.29. The second-order valence-electron chi connectivity index (χ2n) is 5.12. The lowest BCUT2D eigenvalue weighted by molar-refractivity contribution is -0.143. The number of aliphatic carboxylic acids is 1. The van der Waals surface area contributed by atoms with E-state index in [1.165, 1.54) is 20.3 Å². The molecule has 1 saturated heterocycles. The molecular formula is C15H18ClNO5. The Hall–Kier alpha value is -1.95. The first kappa shape index (κ1) is 16.4. The molecule has 1 aromatic carbocycles. The van der Waals surface area contributed by atoms with Crippen LogP contribution in [0.2, 0.25) is 5.02 Å². The number of amides is 1. The molecule has 0 radical (unpaired) electrons. The Labute approximate surface area is 133 Å². The number of rotatable bonds is 4. The molecule has 0 bridgehead atoms. The number of hydrogen-bond acceptors (Lipinski definition) is 4. The molecule has 0 spiro atoms. The highest BCUT2D eigenvalue weighted by atomic mass is 35.5. The van der Waals surface area contributed by atoms with Crippen molar-refractivity contribution in [3.8, 4) is 11.5 Å². The molecule has 0 saturated carbocycles. The number of likely N-dealkylation sites (tertiary alicyclic amines) is 1. The standard InChI is InChI=1S/C15H18ClNO5/c1-21-12-7-10(6-11(16)13(12)22-2)14(18)17-5-3-4-9(8-17)15(19)20/h6-7,9H,3-5,8H2,1-2H3,(H,19,20). The molecule has 1 aromatic rings. The summed E-state index contributed by atoms with van der Waals surface area (Å²) in [6, 6.07) is 3.06. The Morgan fingerprint density at radius 2 is 2.05 bits per heavy atom. The minimum atomic E-state index is -0.872. The summed E-state index contributed by atoms with van der Waals surface area (Å²) in [6.07, 6.45) is 1.26. The lowest BCUT2D eigenvalue weighted by Crippen LogP contribution is -2.42. The van der Waals surface area contributed by atoms with Crippen LogP contribution in [0.4, 0.5) is 0 Å². The maximum atomic E-state index is 12.6. The van der Waals surface area contributed by atoms with Crippen LogP contribution in [0.25, 0.3) is 0 Å². The molecule has 0 aromatic heterocycles. The van der Waals surface area contributed by atoms with Gasteiger partial charge in [-0.05, 0) is 25.0 Å². The smallest absolute Gasteiger partial charge is 0.308 e. The minimum Gasteiger partial charge on any atom is -0.493 e. The molecule has 1 N–H and O–H groups in total. The van der Waals surface area contributed by atoms with Gasteiger partial charge in [-0.3, -0.25) is 9.59 Å². The number of carboxylic acid groups (broad SMARTS) is 1. The van der Waals surface area contributed by atoms with E-state index in [9.17, 15) is 9.59 Å². The normalized spacial score (nSPS) is 18.0. The number of halogens is 1. The molecule has 1 atom stereocenters. The van der Waals surface area contributed by atoms with Crippen molar-refractivity contribution in [2.75, 3.05) is 27.3 Å². The highest BCUT2D eigenvalue weighted by molar-refractivity contribution is 6.32. The van der Waals surface area contributed by atoms with Crippen LogP contribution >= 0.6 is 11.6 Å². The fraction of sp³-hybridized carbons (Fsp3) is 0.467. The first-order valence-electron chi connectivity index (χ1n) is 6.91. The van der Waals surface area contributed by atoms with E-state index in [-0.39, 0.29) is 17.5 Å².